The number of anilines is 1. The third-order valence-corrected chi connectivity index (χ3v) is 5.12. The molecule has 3 rings (SSSR count). The number of piperidine rings is 1. The molecule has 1 saturated heterocycles. The van der Waals surface area contributed by atoms with Crippen LogP contribution in [0.2, 0.25) is 0 Å². The highest BCUT2D eigenvalue weighted by molar-refractivity contribution is 5.80. The first-order valence-corrected chi connectivity index (χ1v) is 10.3. The lowest BCUT2D eigenvalue weighted by atomic mass is 10.1. The molecule has 1 atom stereocenters. The predicted molar refractivity (Wildman–Crippen MR) is 114 cm³/mol. The van der Waals surface area contributed by atoms with Gasteiger partial charge in [0.1, 0.15) is 17.3 Å². The smallest absolute Gasteiger partial charge is 0.192 e. The maximum absolute atomic E-state index is 14.6. The van der Waals surface area contributed by atoms with Crippen molar-refractivity contribution in [1.82, 2.24) is 10.6 Å². The Morgan fingerprint density at radius 1 is 1.31 bits per heavy atom. The molecule has 0 radical (unpaired) electrons. The fourth-order valence-corrected chi connectivity index (χ4v) is 3.46. The maximum atomic E-state index is 14.6. The van der Waals surface area contributed by atoms with Crippen molar-refractivity contribution in [3.05, 3.63) is 53.2 Å². The number of guanidine groups is 1. The molecule has 2 heterocycles. The third-order valence-electron chi connectivity index (χ3n) is 5.12. The van der Waals surface area contributed by atoms with E-state index in [0.29, 0.717) is 44.1 Å². The molecule has 1 aromatic carbocycles. The monoisotopic (exact) mass is 402 g/mol. The van der Waals surface area contributed by atoms with Gasteiger partial charge in [0.05, 0.1) is 24.4 Å². The van der Waals surface area contributed by atoms with E-state index in [1.807, 2.05) is 49.9 Å². The molecule has 1 fully saturated rings. The minimum atomic E-state index is -0.271. The molecule has 2 aromatic rings. The van der Waals surface area contributed by atoms with Crippen molar-refractivity contribution < 1.29 is 13.9 Å². The van der Waals surface area contributed by atoms with Crippen LogP contribution >= 0.6 is 0 Å². The van der Waals surface area contributed by atoms with Crippen LogP contribution in [0.3, 0.4) is 0 Å². The summed E-state index contributed by atoms with van der Waals surface area (Å²) in [5.41, 5.74) is 1.40. The van der Waals surface area contributed by atoms with E-state index in [-0.39, 0.29) is 18.0 Å². The average molecular weight is 403 g/mol. The number of furan rings is 1. The van der Waals surface area contributed by atoms with Crippen LogP contribution < -0.4 is 15.5 Å². The van der Waals surface area contributed by atoms with Crippen molar-refractivity contribution in [1.29, 1.82) is 0 Å². The standard InChI is InChI=1S/C22H31FN4O2/c1-4-24-22(26-16(3)21-8-5-15(2)29-21)25-14-17-6-7-20(19(23)13-17)27-11-9-18(28)10-12-27/h5-8,13,16,18,28H,4,9-12,14H2,1-3H3,(H2,24,25,26). The Bertz CT molecular complexity index is 828. The predicted octanol–water partition coefficient (Wildman–Crippen LogP) is 3.50. The van der Waals surface area contributed by atoms with Crippen molar-refractivity contribution in [2.24, 2.45) is 4.99 Å². The van der Waals surface area contributed by atoms with Crippen molar-refractivity contribution in [2.75, 3.05) is 24.5 Å². The lowest BCUT2D eigenvalue weighted by Gasteiger charge is -2.31. The summed E-state index contributed by atoms with van der Waals surface area (Å²) >= 11 is 0. The van der Waals surface area contributed by atoms with Crippen LogP contribution in [0, 0.1) is 12.7 Å². The molecule has 0 amide bonds. The summed E-state index contributed by atoms with van der Waals surface area (Å²) < 4.78 is 20.3. The van der Waals surface area contributed by atoms with E-state index in [4.69, 9.17) is 4.42 Å². The minimum absolute atomic E-state index is 0.0323. The second-order valence-corrected chi connectivity index (χ2v) is 7.51. The van der Waals surface area contributed by atoms with Gasteiger partial charge >= 0.3 is 0 Å². The zero-order valence-electron chi connectivity index (χ0n) is 17.4. The Balaban J connectivity index is 1.65. The zero-order chi connectivity index (χ0) is 20.8. The van der Waals surface area contributed by atoms with Crippen LogP contribution in [-0.4, -0.2) is 36.8 Å². The van der Waals surface area contributed by atoms with Crippen LogP contribution in [0.25, 0.3) is 0 Å². The van der Waals surface area contributed by atoms with Gasteiger partial charge in [-0.25, -0.2) is 9.38 Å². The molecule has 0 saturated carbocycles. The Hall–Kier alpha value is -2.54. The van der Waals surface area contributed by atoms with E-state index in [2.05, 4.69) is 15.6 Å². The van der Waals surface area contributed by atoms with Gasteiger partial charge in [-0.05, 0) is 63.4 Å². The maximum Gasteiger partial charge on any atom is 0.192 e. The summed E-state index contributed by atoms with van der Waals surface area (Å²) in [5, 5.41) is 16.2. The summed E-state index contributed by atoms with van der Waals surface area (Å²) in [4.78, 5) is 6.58. The second-order valence-electron chi connectivity index (χ2n) is 7.51. The molecular formula is C22H31FN4O2. The van der Waals surface area contributed by atoms with Crippen molar-refractivity contribution >= 4 is 11.6 Å². The first-order valence-electron chi connectivity index (χ1n) is 10.3. The third kappa shape index (κ3) is 5.73. The Labute approximate surface area is 171 Å². The van der Waals surface area contributed by atoms with Gasteiger partial charge in [-0.2, -0.15) is 0 Å². The molecule has 6 nitrogen and oxygen atoms in total. The Morgan fingerprint density at radius 2 is 2.07 bits per heavy atom. The van der Waals surface area contributed by atoms with Gasteiger partial charge in [-0.1, -0.05) is 6.07 Å². The number of nitrogens with zero attached hydrogens (tertiary/aromatic N) is 2. The Morgan fingerprint density at radius 3 is 2.69 bits per heavy atom. The summed E-state index contributed by atoms with van der Waals surface area (Å²) in [6.07, 6.45) is 1.08. The second kappa shape index (κ2) is 9.78. The number of aryl methyl sites for hydroxylation is 1. The molecule has 1 aliphatic rings. The number of hydrogen-bond acceptors (Lipinski definition) is 4. The molecule has 0 aliphatic carbocycles. The molecule has 1 aromatic heterocycles. The van der Waals surface area contributed by atoms with Crippen molar-refractivity contribution in [3.8, 4) is 0 Å². The van der Waals surface area contributed by atoms with E-state index in [9.17, 15) is 9.50 Å². The Kier molecular flexibility index (Phi) is 7.14. The van der Waals surface area contributed by atoms with E-state index < -0.39 is 0 Å². The SMILES string of the molecule is CCNC(=NCc1ccc(N2CCC(O)CC2)c(F)c1)NC(C)c1ccc(C)o1. The molecule has 158 valence electrons. The van der Waals surface area contributed by atoms with Crippen LogP contribution in [-0.2, 0) is 6.54 Å². The molecule has 1 unspecified atom stereocenters. The number of nitrogens with one attached hydrogen (secondary N) is 2. The van der Waals surface area contributed by atoms with Crippen LogP contribution in [0.1, 0.15) is 49.8 Å². The molecule has 0 spiro atoms. The van der Waals surface area contributed by atoms with Gasteiger partial charge in [0.25, 0.3) is 0 Å². The van der Waals surface area contributed by atoms with Gasteiger partial charge in [0.2, 0.25) is 0 Å². The van der Waals surface area contributed by atoms with Crippen LogP contribution in [0.5, 0.6) is 0 Å². The first-order chi connectivity index (χ1) is 14.0. The number of aliphatic hydroxyl groups is 1. The minimum Gasteiger partial charge on any atom is -0.464 e. The number of rotatable bonds is 6. The first kappa shape index (κ1) is 21.2. The van der Waals surface area contributed by atoms with Crippen LogP contribution in [0.4, 0.5) is 10.1 Å². The molecule has 0 bridgehead atoms. The number of aliphatic imine (C=N–C) groups is 1. The summed E-state index contributed by atoms with van der Waals surface area (Å²) in [6.45, 7) is 8.37. The average Bonchev–Trinajstić information content (AvgIpc) is 3.14. The highest BCUT2D eigenvalue weighted by Gasteiger charge is 2.19. The largest absolute Gasteiger partial charge is 0.464 e. The number of halogens is 1. The lowest BCUT2D eigenvalue weighted by Crippen LogP contribution is -2.38. The topological polar surface area (TPSA) is 73.0 Å². The number of aliphatic hydroxyl groups excluding tert-OH is 1. The summed E-state index contributed by atoms with van der Waals surface area (Å²) in [5.74, 6) is 2.12. The van der Waals surface area contributed by atoms with E-state index in [1.165, 1.54) is 0 Å². The van der Waals surface area contributed by atoms with E-state index >= 15 is 0 Å². The quantitative estimate of drug-likeness (QED) is 0.509. The molecular weight excluding hydrogens is 371 g/mol. The number of benzene rings is 1. The van der Waals surface area contributed by atoms with E-state index in [1.54, 1.807) is 6.07 Å². The summed E-state index contributed by atoms with van der Waals surface area (Å²) in [7, 11) is 0. The van der Waals surface area contributed by atoms with Crippen molar-refractivity contribution in [3.63, 3.8) is 0 Å². The van der Waals surface area contributed by atoms with Gasteiger partial charge in [0.15, 0.2) is 5.96 Å². The van der Waals surface area contributed by atoms with Gasteiger partial charge in [-0.3, -0.25) is 0 Å². The lowest BCUT2D eigenvalue weighted by molar-refractivity contribution is 0.145. The number of hydrogen-bond donors (Lipinski definition) is 3. The van der Waals surface area contributed by atoms with Gasteiger partial charge in [-0.15, -0.1) is 0 Å². The van der Waals surface area contributed by atoms with Gasteiger partial charge < -0.3 is 25.1 Å². The molecule has 7 heteroatoms. The molecule has 29 heavy (non-hydrogen) atoms. The fourth-order valence-electron chi connectivity index (χ4n) is 3.46. The van der Waals surface area contributed by atoms with Crippen LogP contribution in [0.15, 0.2) is 39.7 Å². The fraction of sp³-hybridized carbons (Fsp3) is 0.500. The molecule has 1 aliphatic heterocycles. The van der Waals surface area contributed by atoms with Gasteiger partial charge in [0, 0.05) is 19.6 Å². The summed E-state index contributed by atoms with van der Waals surface area (Å²) in [6, 6.07) is 9.12. The van der Waals surface area contributed by atoms with Crippen molar-refractivity contribution in [2.45, 2.75) is 52.3 Å². The highest BCUT2D eigenvalue weighted by Crippen LogP contribution is 2.24. The molecule has 3 N–H and O–H groups in total. The zero-order valence-corrected chi connectivity index (χ0v) is 17.4. The normalized spacial score (nSPS) is 16.7. The van der Waals surface area contributed by atoms with E-state index in [0.717, 1.165) is 23.6 Å². The highest BCUT2D eigenvalue weighted by atomic mass is 19.1.